The minimum absolute atomic E-state index is 0.0887. The summed E-state index contributed by atoms with van der Waals surface area (Å²) >= 11 is 0. The van der Waals surface area contributed by atoms with Gasteiger partial charge in [0.2, 0.25) is 5.91 Å². The first-order chi connectivity index (χ1) is 15.7. The third-order valence-electron chi connectivity index (χ3n) is 6.67. The molecule has 0 saturated carbocycles. The van der Waals surface area contributed by atoms with Gasteiger partial charge in [-0.25, -0.2) is 9.69 Å². The third kappa shape index (κ3) is 3.01. The van der Waals surface area contributed by atoms with Gasteiger partial charge in [0.15, 0.2) is 5.41 Å². The molecule has 4 amide bonds. The van der Waals surface area contributed by atoms with E-state index in [1.54, 1.807) is 43.3 Å². The Hall–Kier alpha value is -3.79. The number of nitrogens with zero attached hydrogens (tertiary/aromatic N) is 3. The summed E-state index contributed by atoms with van der Waals surface area (Å²) in [6.45, 7) is 4.08. The molecule has 33 heavy (non-hydrogen) atoms. The zero-order valence-corrected chi connectivity index (χ0v) is 18.1. The normalized spacial score (nSPS) is 28.9. The number of carbonyl (C=O) groups excluding carboxylic acids is 3. The van der Waals surface area contributed by atoms with Crippen LogP contribution in [0, 0.1) is 15.5 Å². The Kier molecular flexibility index (Phi) is 4.71. The lowest BCUT2D eigenvalue weighted by Gasteiger charge is -2.56. The summed E-state index contributed by atoms with van der Waals surface area (Å²) < 4.78 is 6.04. The van der Waals surface area contributed by atoms with Crippen LogP contribution in [0.2, 0.25) is 0 Å². The van der Waals surface area contributed by atoms with Crippen molar-refractivity contribution in [2.45, 2.75) is 38.5 Å². The van der Waals surface area contributed by atoms with Gasteiger partial charge in [0.05, 0.1) is 28.9 Å². The van der Waals surface area contributed by atoms with Crippen molar-refractivity contribution in [1.29, 1.82) is 0 Å². The van der Waals surface area contributed by atoms with Crippen LogP contribution in [0.4, 0.5) is 21.9 Å². The number of carbonyl (C=O) groups is 3. The molecule has 0 bridgehead atoms. The molecular weight excluding hydrogens is 428 g/mol. The highest BCUT2D eigenvalue weighted by Crippen LogP contribution is 2.48. The minimum Gasteiger partial charge on any atom is -0.372 e. The van der Waals surface area contributed by atoms with Crippen molar-refractivity contribution in [1.82, 2.24) is 5.32 Å². The second-order valence-corrected chi connectivity index (χ2v) is 8.70. The van der Waals surface area contributed by atoms with Gasteiger partial charge in [0.25, 0.3) is 11.6 Å². The van der Waals surface area contributed by atoms with Crippen molar-refractivity contribution < 1.29 is 24.0 Å². The molecule has 1 N–H and O–H groups in total. The number of anilines is 2. The smallest absolute Gasteiger partial charge is 0.335 e. The Morgan fingerprint density at radius 1 is 1.12 bits per heavy atom. The molecule has 170 valence electrons. The number of ether oxygens (including phenoxy) is 1. The second kappa shape index (κ2) is 7.38. The first-order valence-electron chi connectivity index (χ1n) is 10.7. The zero-order chi connectivity index (χ0) is 23.5. The molecule has 10 nitrogen and oxygen atoms in total. The average molecular weight is 450 g/mol. The van der Waals surface area contributed by atoms with E-state index in [0.29, 0.717) is 17.8 Å². The largest absolute Gasteiger partial charge is 0.372 e. The molecule has 10 heteroatoms. The van der Waals surface area contributed by atoms with E-state index < -0.39 is 40.3 Å². The number of imide groups is 2. The molecule has 3 heterocycles. The van der Waals surface area contributed by atoms with Gasteiger partial charge in [-0.15, -0.1) is 0 Å². The minimum atomic E-state index is -1.70. The number of hydrogen-bond donors (Lipinski definition) is 1. The van der Waals surface area contributed by atoms with E-state index in [1.807, 2.05) is 11.8 Å². The summed E-state index contributed by atoms with van der Waals surface area (Å²) in [7, 11) is 0. The Balaban J connectivity index is 1.71. The first-order valence-corrected chi connectivity index (χ1v) is 10.7. The zero-order valence-electron chi connectivity index (χ0n) is 18.1. The number of benzene rings is 2. The van der Waals surface area contributed by atoms with E-state index in [1.165, 1.54) is 12.1 Å². The lowest BCUT2D eigenvalue weighted by molar-refractivity contribution is -0.384. The Labute approximate surface area is 189 Å². The van der Waals surface area contributed by atoms with Crippen LogP contribution in [0.3, 0.4) is 0 Å². The quantitative estimate of drug-likeness (QED) is 0.423. The van der Waals surface area contributed by atoms with Crippen LogP contribution in [0.5, 0.6) is 0 Å². The number of hydrogen-bond acceptors (Lipinski definition) is 7. The van der Waals surface area contributed by atoms with E-state index in [9.17, 15) is 24.5 Å². The van der Waals surface area contributed by atoms with E-state index in [0.717, 1.165) is 10.6 Å². The van der Waals surface area contributed by atoms with Crippen molar-refractivity contribution >= 4 is 34.9 Å². The molecule has 0 aliphatic carbocycles. The van der Waals surface area contributed by atoms with Gasteiger partial charge < -0.3 is 9.64 Å². The maximum absolute atomic E-state index is 14.1. The van der Waals surface area contributed by atoms with Gasteiger partial charge in [0, 0.05) is 30.8 Å². The summed E-state index contributed by atoms with van der Waals surface area (Å²) in [5.74, 6) is -1.39. The Morgan fingerprint density at radius 2 is 1.85 bits per heavy atom. The van der Waals surface area contributed by atoms with Crippen LogP contribution in [0.25, 0.3) is 0 Å². The number of para-hydroxylation sites is 1. The van der Waals surface area contributed by atoms with Gasteiger partial charge in [0.1, 0.15) is 0 Å². The highest BCUT2D eigenvalue weighted by atomic mass is 16.6. The Morgan fingerprint density at radius 3 is 2.55 bits per heavy atom. The van der Waals surface area contributed by atoms with Crippen LogP contribution in [0.1, 0.15) is 19.4 Å². The molecule has 2 aromatic carbocycles. The van der Waals surface area contributed by atoms with E-state index in [4.69, 9.17) is 4.74 Å². The first kappa shape index (κ1) is 21.1. The molecule has 2 aromatic rings. The summed E-state index contributed by atoms with van der Waals surface area (Å²) in [5, 5.41) is 13.8. The number of urea groups is 1. The van der Waals surface area contributed by atoms with Crippen LogP contribution in [-0.2, 0) is 20.7 Å². The number of nitrogens with one attached hydrogen (secondary N) is 1. The van der Waals surface area contributed by atoms with Gasteiger partial charge in [-0.3, -0.25) is 25.0 Å². The predicted molar refractivity (Wildman–Crippen MR) is 118 cm³/mol. The molecule has 0 aromatic heterocycles. The van der Waals surface area contributed by atoms with Crippen LogP contribution in [-0.4, -0.2) is 47.6 Å². The molecule has 2 fully saturated rings. The number of morpholine rings is 1. The van der Waals surface area contributed by atoms with Crippen LogP contribution < -0.4 is 15.1 Å². The molecule has 0 unspecified atom stereocenters. The second-order valence-electron chi connectivity index (χ2n) is 8.70. The van der Waals surface area contributed by atoms with Crippen molar-refractivity contribution in [2.24, 2.45) is 5.41 Å². The SMILES string of the molecule is C[C@@H]1CN2c3ccc([N+](=O)[O-])cc3C[C@]3(C(=O)NC(=O)N(c4ccccc4)C3=O)[C@@H]2[C@@H](C)O1. The van der Waals surface area contributed by atoms with Gasteiger partial charge in [-0.1, -0.05) is 18.2 Å². The summed E-state index contributed by atoms with van der Waals surface area (Å²) in [4.78, 5) is 54.1. The molecule has 2 saturated heterocycles. The summed E-state index contributed by atoms with van der Waals surface area (Å²) in [5.41, 5.74) is -0.266. The van der Waals surface area contributed by atoms with Gasteiger partial charge in [-0.05, 0) is 37.6 Å². The maximum atomic E-state index is 14.1. The number of non-ortho nitro benzene ring substituents is 1. The summed E-state index contributed by atoms with van der Waals surface area (Å²) in [6.07, 6.45) is -0.796. The molecule has 4 atom stereocenters. The van der Waals surface area contributed by atoms with Crippen LogP contribution in [0.15, 0.2) is 48.5 Å². The standard InChI is InChI=1S/C23H22N4O6/c1-13-12-25-18-9-8-17(27(31)32)10-15(18)11-23(19(25)14(2)33-13)20(28)24-22(30)26(21(23)29)16-6-4-3-5-7-16/h3-10,13-14,19H,11-12H2,1-2H3,(H,24,28,30)/t13-,14-,19+,23-/m1/s1. The Bertz CT molecular complexity index is 1180. The topological polar surface area (TPSA) is 122 Å². The van der Waals surface area contributed by atoms with Crippen molar-refractivity contribution in [3.63, 3.8) is 0 Å². The lowest BCUT2D eigenvalue weighted by atomic mass is 9.66. The highest BCUT2D eigenvalue weighted by molar-refractivity contribution is 6.30. The fourth-order valence-corrected chi connectivity index (χ4v) is 5.44. The molecule has 0 radical (unpaired) electrons. The number of nitro benzene ring substituents is 1. The number of barbiturate groups is 1. The molecule has 3 aliphatic rings. The lowest BCUT2D eigenvalue weighted by Crippen LogP contribution is -2.76. The highest BCUT2D eigenvalue weighted by Gasteiger charge is 2.65. The summed E-state index contributed by atoms with van der Waals surface area (Å²) in [6, 6.07) is 11.3. The molecule has 5 rings (SSSR count). The predicted octanol–water partition coefficient (Wildman–Crippen LogP) is 2.40. The third-order valence-corrected chi connectivity index (χ3v) is 6.67. The number of rotatable bonds is 2. The fourth-order valence-electron chi connectivity index (χ4n) is 5.44. The fraction of sp³-hybridized carbons (Fsp3) is 0.348. The maximum Gasteiger partial charge on any atom is 0.335 e. The van der Waals surface area contributed by atoms with Crippen molar-refractivity contribution in [2.75, 3.05) is 16.3 Å². The van der Waals surface area contributed by atoms with Gasteiger partial charge in [-0.2, -0.15) is 0 Å². The molecule has 3 aliphatic heterocycles. The number of amides is 4. The monoisotopic (exact) mass is 450 g/mol. The average Bonchev–Trinajstić information content (AvgIpc) is 2.77. The van der Waals surface area contributed by atoms with E-state index in [2.05, 4.69) is 5.32 Å². The number of nitro groups is 1. The van der Waals surface area contributed by atoms with Gasteiger partial charge >= 0.3 is 6.03 Å². The van der Waals surface area contributed by atoms with Crippen molar-refractivity contribution in [3.8, 4) is 0 Å². The van der Waals surface area contributed by atoms with E-state index >= 15 is 0 Å². The van der Waals surface area contributed by atoms with E-state index in [-0.39, 0.29) is 18.2 Å². The number of fused-ring (bicyclic) bond motifs is 4. The molecular formula is C23H22N4O6. The molecule has 1 spiro atoms. The van der Waals surface area contributed by atoms with Crippen molar-refractivity contribution in [3.05, 3.63) is 64.2 Å². The van der Waals surface area contributed by atoms with Crippen LogP contribution >= 0.6 is 0 Å².